The quantitative estimate of drug-likeness (QED) is 0.599. The van der Waals surface area contributed by atoms with Crippen LogP contribution in [-0.2, 0) is 14.8 Å². The fourth-order valence-electron chi connectivity index (χ4n) is 4.47. The summed E-state index contributed by atoms with van der Waals surface area (Å²) in [7, 11) is -3.67. The molecule has 156 valence electrons. The molecular weight excluding hydrogens is 462 g/mol. The summed E-state index contributed by atoms with van der Waals surface area (Å²) in [6.45, 7) is 4.64. The molecule has 0 aromatic heterocycles. The summed E-state index contributed by atoms with van der Waals surface area (Å²) in [5.74, 6) is -0.0717. The molecule has 4 rings (SSSR count). The molecule has 0 saturated carbocycles. The maximum Gasteiger partial charge on any atom is 0.243 e. The summed E-state index contributed by atoms with van der Waals surface area (Å²) >= 11 is 3.81. The van der Waals surface area contributed by atoms with Crippen molar-refractivity contribution in [2.75, 3.05) is 13.1 Å². The molecule has 0 bridgehead atoms. The lowest BCUT2D eigenvalue weighted by Gasteiger charge is -2.48. The second kappa shape index (κ2) is 7.91. The highest BCUT2D eigenvalue weighted by Gasteiger charge is 2.49. The highest BCUT2D eigenvalue weighted by atomic mass is 79.9. The lowest BCUT2D eigenvalue weighted by molar-refractivity contribution is -0.110. The molecule has 0 amide bonds. The minimum Gasteiger partial charge on any atom is -0.290 e. The normalized spacial score (nSPS) is 23.8. The zero-order valence-corrected chi connectivity index (χ0v) is 19.4. The van der Waals surface area contributed by atoms with Crippen LogP contribution in [0.2, 0.25) is 0 Å². The number of halogens is 1. The summed E-state index contributed by atoms with van der Waals surface area (Å²) in [5, 5.41) is 0. The third-order valence-electron chi connectivity index (χ3n) is 6.07. The number of nitrogens with zero attached hydrogens (tertiary/aromatic N) is 1. The maximum atomic E-state index is 13.4. The average Bonchev–Trinajstić information content (AvgIpc) is 2.71. The van der Waals surface area contributed by atoms with Crippen LogP contribution in [0.5, 0.6) is 0 Å². The van der Waals surface area contributed by atoms with Crippen molar-refractivity contribution in [2.24, 2.45) is 5.41 Å². The van der Waals surface area contributed by atoms with Gasteiger partial charge in [0.1, 0.15) is 0 Å². The molecule has 6 heteroatoms. The van der Waals surface area contributed by atoms with Crippen LogP contribution in [-0.4, -0.2) is 36.4 Å². The van der Waals surface area contributed by atoms with Gasteiger partial charge in [-0.25, -0.2) is 8.42 Å². The van der Waals surface area contributed by atoms with E-state index < -0.39 is 15.4 Å². The molecule has 1 aliphatic heterocycles. The third-order valence-corrected chi connectivity index (χ3v) is 8.71. The van der Waals surface area contributed by atoms with Crippen molar-refractivity contribution in [2.45, 2.75) is 29.5 Å². The van der Waals surface area contributed by atoms with Gasteiger partial charge in [-0.15, -0.1) is 0 Å². The van der Waals surface area contributed by atoms with Gasteiger partial charge in [-0.05, 0) is 49.3 Å². The van der Waals surface area contributed by atoms with Gasteiger partial charge in [0.25, 0.3) is 0 Å². The van der Waals surface area contributed by atoms with E-state index in [1.54, 1.807) is 24.3 Å². The van der Waals surface area contributed by atoms with E-state index in [9.17, 15) is 13.2 Å². The predicted octanol–water partition coefficient (Wildman–Crippen LogP) is 4.54. The van der Waals surface area contributed by atoms with Crippen LogP contribution in [0.25, 0.3) is 0 Å². The fourth-order valence-corrected chi connectivity index (χ4v) is 7.31. The highest BCUT2D eigenvalue weighted by molar-refractivity contribution is 9.09. The number of benzene rings is 2. The minimum absolute atomic E-state index is 0.00349. The summed E-state index contributed by atoms with van der Waals surface area (Å²) in [6, 6.07) is 15.1. The third kappa shape index (κ3) is 3.72. The van der Waals surface area contributed by atoms with E-state index in [-0.39, 0.29) is 28.0 Å². The van der Waals surface area contributed by atoms with Crippen molar-refractivity contribution in [1.29, 1.82) is 0 Å². The van der Waals surface area contributed by atoms with Crippen molar-refractivity contribution in [3.63, 3.8) is 0 Å². The first-order valence-electron chi connectivity index (χ1n) is 9.92. The molecule has 4 nitrogen and oxygen atoms in total. The van der Waals surface area contributed by atoms with E-state index in [4.69, 9.17) is 0 Å². The van der Waals surface area contributed by atoms with Gasteiger partial charge in [0.15, 0.2) is 5.78 Å². The number of rotatable bonds is 3. The second-order valence-corrected chi connectivity index (χ2v) is 11.3. The smallest absolute Gasteiger partial charge is 0.243 e. The molecule has 2 aliphatic rings. The molecule has 1 heterocycles. The topological polar surface area (TPSA) is 54.5 Å². The summed E-state index contributed by atoms with van der Waals surface area (Å²) in [6.07, 6.45) is 6.90. The Balaban J connectivity index is 1.79. The molecule has 2 aromatic rings. The molecule has 1 aliphatic carbocycles. The van der Waals surface area contributed by atoms with E-state index in [1.807, 2.05) is 43.3 Å². The summed E-state index contributed by atoms with van der Waals surface area (Å²) < 4.78 is 28.4. The van der Waals surface area contributed by atoms with Crippen LogP contribution >= 0.6 is 15.9 Å². The van der Waals surface area contributed by atoms with Gasteiger partial charge in [0.2, 0.25) is 10.0 Å². The van der Waals surface area contributed by atoms with Gasteiger partial charge in [0, 0.05) is 29.2 Å². The number of sulfonamides is 1. The first kappa shape index (κ1) is 21.2. The fraction of sp³-hybridized carbons (Fsp3) is 0.292. The first-order chi connectivity index (χ1) is 14.2. The standard InChI is InChI=1S/C24H24BrNO3S/c1-17-7-9-20(10-8-17)30(28,29)26-15-22(25)23(21-6-4-3-5-18(21)2)24(16-26)13-11-19(27)12-14-24/h3-14,22-23H,15-16H2,1-2H3/t22-,23+/m0/s1. The number of hydrogen-bond donors (Lipinski definition) is 0. The zero-order valence-electron chi connectivity index (χ0n) is 17.0. The van der Waals surface area contributed by atoms with Crippen molar-refractivity contribution in [1.82, 2.24) is 4.31 Å². The molecule has 1 saturated heterocycles. The van der Waals surface area contributed by atoms with Gasteiger partial charge >= 0.3 is 0 Å². The molecule has 2 atom stereocenters. The van der Waals surface area contributed by atoms with Crippen LogP contribution < -0.4 is 0 Å². The van der Waals surface area contributed by atoms with Crippen LogP contribution in [0.1, 0.15) is 22.6 Å². The number of aryl methyl sites for hydroxylation is 2. The van der Waals surface area contributed by atoms with Crippen LogP contribution in [0.15, 0.2) is 77.7 Å². The monoisotopic (exact) mass is 485 g/mol. The lowest BCUT2D eigenvalue weighted by atomic mass is 9.66. The predicted molar refractivity (Wildman–Crippen MR) is 122 cm³/mol. The van der Waals surface area contributed by atoms with Crippen LogP contribution in [0, 0.1) is 19.3 Å². The largest absolute Gasteiger partial charge is 0.290 e. The van der Waals surface area contributed by atoms with E-state index in [0.717, 1.165) is 16.7 Å². The molecule has 1 fully saturated rings. The Morgan fingerprint density at radius 2 is 1.63 bits per heavy atom. The number of carbonyl (C=O) groups excluding carboxylic acids is 1. The van der Waals surface area contributed by atoms with E-state index in [1.165, 1.54) is 4.31 Å². The molecule has 0 radical (unpaired) electrons. The number of hydrogen-bond acceptors (Lipinski definition) is 3. The Morgan fingerprint density at radius 3 is 2.27 bits per heavy atom. The van der Waals surface area contributed by atoms with Gasteiger partial charge in [0.05, 0.1) is 4.90 Å². The zero-order chi connectivity index (χ0) is 21.5. The molecule has 1 spiro atoms. The van der Waals surface area contributed by atoms with Crippen molar-refractivity contribution in [3.05, 3.63) is 89.5 Å². The van der Waals surface area contributed by atoms with Gasteiger partial charge in [-0.1, -0.05) is 70.0 Å². The Kier molecular flexibility index (Phi) is 5.60. The van der Waals surface area contributed by atoms with Gasteiger partial charge in [-0.3, -0.25) is 4.79 Å². The van der Waals surface area contributed by atoms with Crippen LogP contribution in [0.3, 0.4) is 0 Å². The number of carbonyl (C=O) groups is 1. The molecule has 30 heavy (non-hydrogen) atoms. The van der Waals surface area contributed by atoms with Crippen molar-refractivity contribution < 1.29 is 13.2 Å². The molecule has 0 N–H and O–H groups in total. The Labute approximate surface area is 186 Å². The summed E-state index contributed by atoms with van der Waals surface area (Å²) in [4.78, 5) is 12.1. The molecular formula is C24H24BrNO3S. The van der Waals surface area contributed by atoms with Gasteiger partial charge < -0.3 is 0 Å². The number of allylic oxidation sites excluding steroid dienone is 2. The Bertz CT molecular complexity index is 1120. The first-order valence-corrected chi connectivity index (χ1v) is 12.3. The van der Waals surface area contributed by atoms with E-state index in [0.29, 0.717) is 6.54 Å². The van der Waals surface area contributed by atoms with E-state index >= 15 is 0 Å². The molecule has 0 unspecified atom stereocenters. The maximum absolute atomic E-state index is 13.4. The SMILES string of the molecule is Cc1ccc(S(=O)(=O)N2C[C@H](Br)[C@@H](c3ccccc3C)C3(C=CC(=O)C=C3)C2)cc1. The number of piperidine rings is 1. The second-order valence-electron chi connectivity index (χ2n) is 8.14. The van der Waals surface area contributed by atoms with Gasteiger partial charge in [-0.2, -0.15) is 4.31 Å². The van der Waals surface area contributed by atoms with Crippen LogP contribution in [0.4, 0.5) is 0 Å². The lowest BCUT2D eigenvalue weighted by Crippen LogP contribution is -2.53. The van der Waals surface area contributed by atoms with Crippen molar-refractivity contribution >= 4 is 31.7 Å². The Morgan fingerprint density at radius 1 is 1.00 bits per heavy atom. The van der Waals surface area contributed by atoms with Crippen molar-refractivity contribution in [3.8, 4) is 0 Å². The summed E-state index contributed by atoms with van der Waals surface area (Å²) in [5.41, 5.74) is 2.72. The Hall–Kier alpha value is -2.02. The highest BCUT2D eigenvalue weighted by Crippen LogP contribution is 2.50. The number of alkyl halides is 1. The molecule has 2 aromatic carbocycles. The number of ketones is 1. The average molecular weight is 486 g/mol. The minimum atomic E-state index is -3.67. The van der Waals surface area contributed by atoms with E-state index in [2.05, 4.69) is 35.0 Å².